The van der Waals surface area contributed by atoms with Gasteiger partial charge in [-0.25, -0.2) is 0 Å². The molecule has 0 bridgehead atoms. The van der Waals surface area contributed by atoms with Crippen molar-refractivity contribution in [2.24, 2.45) is 0 Å². The van der Waals surface area contributed by atoms with E-state index < -0.39 is 0 Å². The zero-order valence-corrected chi connectivity index (χ0v) is 12.5. The lowest BCUT2D eigenvalue weighted by atomic mass is 9.88. The number of phenolic OH excluding ortho intramolecular Hbond substituents is 2. The third kappa shape index (κ3) is 2.61. The molecule has 3 heteroatoms. The van der Waals surface area contributed by atoms with Crippen LogP contribution in [0.25, 0.3) is 0 Å². The fraction of sp³-hybridized carbons (Fsp3) is 0.333. The molecule has 0 saturated carbocycles. The average Bonchev–Trinajstić information content (AvgIpc) is 2.48. The summed E-state index contributed by atoms with van der Waals surface area (Å²) in [6, 6.07) is 12.3. The number of aromatic hydroxyl groups is 2. The number of fused-ring (bicyclic) bond motifs is 1. The smallest absolute Gasteiger partial charge is 0.157 e. The summed E-state index contributed by atoms with van der Waals surface area (Å²) < 4.78 is 0. The van der Waals surface area contributed by atoms with Gasteiger partial charge in [0, 0.05) is 17.5 Å². The minimum Gasteiger partial charge on any atom is -0.504 e. The van der Waals surface area contributed by atoms with E-state index in [0.717, 1.165) is 24.1 Å². The lowest BCUT2D eigenvalue weighted by Gasteiger charge is -2.25. The number of hydrogen-bond donors (Lipinski definition) is 3. The van der Waals surface area contributed by atoms with E-state index in [1.165, 1.54) is 11.1 Å². The monoisotopic (exact) mass is 284 g/mol. The van der Waals surface area contributed by atoms with Crippen molar-refractivity contribution < 1.29 is 15.5 Å². The molecule has 0 aliphatic carbocycles. The lowest BCUT2D eigenvalue weighted by Crippen LogP contribution is -2.87. The Bertz CT molecular complexity index is 647. The van der Waals surface area contributed by atoms with Crippen LogP contribution in [0.15, 0.2) is 36.4 Å². The predicted molar refractivity (Wildman–Crippen MR) is 82.6 cm³/mol. The Hall–Kier alpha value is -2.00. The van der Waals surface area contributed by atoms with Crippen LogP contribution in [0.1, 0.15) is 48.1 Å². The fourth-order valence-electron chi connectivity index (χ4n) is 3.08. The molecule has 1 atom stereocenters. The Labute approximate surface area is 125 Å². The molecule has 4 N–H and O–H groups in total. The SMILES string of the molecule is CC(C)c1ccc([C@@H]2[NH2+]CCc3cc(O)c(O)cc32)cc1. The number of benzene rings is 2. The molecule has 1 aliphatic rings. The molecular weight excluding hydrogens is 262 g/mol. The number of rotatable bonds is 2. The molecule has 0 saturated heterocycles. The molecule has 0 amide bonds. The van der Waals surface area contributed by atoms with Crippen molar-refractivity contribution in [3.05, 3.63) is 58.7 Å². The maximum Gasteiger partial charge on any atom is 0.157 e. The van der Waals surface area contributed by atoms with Gasteiger partial charge in [0.1, 0.15) is 6.04 Å². The van der Waals surface area contributed by atoms with E-state index in [2.05, 4.69) is 43.4 Å². The molecule has 0 fully saturated rings. The van der Waals surface area contributed by atoms with Crippen molar-refractivity contribution in [1.82, 2.24) is 0 Å². The normalized spacial score (nSPS) is 17.8. The van der Waals surface area contributed by atoms with Gasteiger partial charge in [0.15, 0.2) is 11.5 Å². The molecule has 2 aromatic rings. The minimum atomic E-state index is -0.0344. The maximum atomic E-state index is 9.79. The topological polar surface area (TPSA) is 57.1 Å². The first-order valence-electron chi connectivity index (χ1n) is 7.54. The van der Waals surface area contributed by atoms with E-state index >= 15 is 0 Å². The van der Waals surface area contributed by atoms with Gasteiger partial charge in [-0.15, -0.1) is 0 Å². The zero-order valence-electron chi connectivity index (χ0n) is 12.5. The zero-order chi connectivity index (χ0) is 15.0. The molecule has 2 aromatic carbocycles. The minimum absolute atomic E-state index is 0.0236. The predicted octanol–water partition coefficient (Wildman–Crippen LogP) is 2.43. The molecule has 110 valence electrons. The van der Waals surface area contributed by atoms with E-state index in [1.807, 2.05) is 0 Å². The van der Waals surface area contributed by atoms with Crippen molar-refractivity contribution in [3.8, 4) is 11.5 Å². The quantitative estimate of drug-likeness (QED) is 0.742. The van der Waals surface area contributed by atoms with Crippen molar-refractivity contribution in [2.75, 3.05) is 6.54 Å². The highest BCUT2D eigenvalue weighted by Crippen LogP contribution is 2.34. The van der Waals surface area contributed by atoms with Crippen LogP contribution in [-0.2, 0) is 6.42 Å². The van der Waals surface area contributed by atoms with Crippen LogP contribution in [0.4, 0.5) is 0 Å². The van der Waals surface area contributed by atoms with Crippen LogP contribution in [0.3, 0.4) is 0 Å². The number of quaternary nitrogens is 1. The molecule has 3 nitrogen and oxygen atoms in total. The highest BCUT2D eigenvalue weighted by Gasteiger charge is 2.26. The van der Waals surface area contributed by atoms with Gasteiger partial charge in [-0.3, -0.25) is 0 Å². The Balaban J connectivity index is 1.99. The van der Waals surface area contributed by atoms with E-state index in [1.54, 1.807) is 12.1 Å². The Morgan fingerprint density at radius 2 is 1.71 bits per heavy atom. The van der Waals surface area contributed by atoms with Crippen LogP contribution in [0.2, 0.25) is 0 Å². The average molecular weight is 284 g/mol. The lowest BCUT2D eigenvalue weighted by molar-refractivity contribution is -0.690. The van der Waals surface area contributed by atoms with E-state index in [4.69, 9.17) is 0 Å². The van der Waals surface area contributed by atoms with E-state index in [9.17, 15) is 10.2 Å². The van der Waals surface area contributed by atoms with Crippen LogP contribution in [-0.4, -0.2) is 16.8 Å². The van der Waals surface area contributed by atoms with Gasteiger partial charge in [0.25, 0.3) is 0 Å². The molecule has 0 radical (unpaired) electrons. The van der Waals surface area contributed by atoms with Crippen LogP contribution in [0, 0.1) is 0 Å². The van der Waals surface area contributed by atoms with E-state index in [0.29, 0.717) is 5.92 Å². The summed E-state index contributed by atoms with van der Waals surface area (Å²) in [4.78, 5) is 0. The molecule has 0 spiro atoms. The van der Waals surface area contributed by atoms with E-state index in [-0.39, 0.29) is 17.5 Å². The highest BCUT2D eigenvalue weighted by molar-refractivity contribution is 5.49. The van der Waals surface area contributed by atoms with Crippen molar-refractivity contribution in [3.63, 3.8) is 0 Å². The third-order valence-electron chi connectivity index (χ3n) is 4.35. The summed E-state index contributed by atoms with van der Waals surface area (Å²) >= 11 is 0. The largest absolute Gasteiger partial charge is 0.504 e. The summed E-state index contributed by atoms with van der Waals surface area (Å²) in [5.41, 5.74) is 4.81. The van der Waals surface area contributed by atoms with Crippen LogP contribution in [0.5, 0.6) is 11.5 Å². The van der Waals surface area contributed by atoms with Gasteiger partial charge in [0.05, 0.1) is 6.54 Å². The first-order valence-corrected chi connectivity index (χ1v) is 7.54. The number of phenols is 2. The number of hydrogen-bond acceptors (Lipinski definition) is 2. The first-order chi connectivity index (χ1) is 10.1. The van der Waals surface area contributed by atoms with Gasteiger partial charge in [-0.05, 0) is 29.2 Å². The molecule has 21 heavy (non-hydrogen) atoms. The maximum absolute atomic E-state index is 9.79. The summed E-state index contributed by atoms with van der Waals surface area (Å²) in [5.74, 6) is 0.472. The van der Waals surface area contributed by atoms with Gasteiger partial charge < -0.3 is 15.5 Å². The number of nitrogens with two attached hydrogens (primary N) is 1. The van der Waals surface area contributed by atoms with Crippen molar-refractivity contribution in [2.45, 2.75) is 32.2 Å². The Morgan fingerprint density at radius 1 is 1.05 bits per heavy atom. The third-order valence-corrected chi connectivity index (χ3v) is 4.35. The summed E-state index contributed by atoms with van der Waals surface area (Å²) in [6.07, 6.45) is 0.920. The highest BCUT2D eigenvalue weighted by atomic mass is 16.3. The standard InChI is InChI=1S/C18H21NO2/c1-11(2)12-3-5-13(6-4-12)18-15-10-17(21)16(20)9-14(15)7-8-19-18/h3-6,9-11,18-21H,7-8H2,1-2H3/p+1/t18-/m0/s1. The first kappa shape index (κ1) is 14.0. The van der Waals surface area contributed by atoms with Gasteiger partial charge in [-0.1, -0.05) is 38.1 Å². The molecule has 1 heterocycles. The Kier molecular flexibility index (Phi) is 3.60. The molecule has 0 unspecified atom stereocenters. The van der Waals surface area contributed by atoms with Gasteiger partial charge in [-0.2, -0.15) is 0 Å². The fourth-order valence-corrected chi connectivity index (χ4v) is 3.08. The molecule has 3 rings (SSSR count). The summed E-state index contributed by atoms with van der Waals surface area (Å²) in [7, 11) is 0. The van der Waals surface area contributed by atoms with Crippen LogP contribution < -0.4 is 5.32 Å². The second-order valence-corrected chi connectivity index (χ2v) is 6.11. The summed E-state index contributed by atoms with van der Waals surface area (Å²) in [5, 5.41) is 21.8. The van der Waals surface area contributed by atoms with Gasteiger partial charge >= 0.3 is 0 Å². The Morgan fingerprint density at radius 3 is 2.38 bits per heavy atom. The van der Waals surface area contributed by atoms with Crippen molar-refractivity contribution >= 4 is 0 Å². The second kappa shape index (κ2) is 5.41. The molecule has 1 aliphatic heterocycles. The van der Waals surface area contributed by atoms with Gasteiger partial charge in [0.2, 0.25) is 0 Å². The summed E-state index contributed by atoms with van der Waals surface area (Å²) in [6.45, 7) is 5.38. The van der Waals surface area contributed by atoms with Crippen LogP contribution >= 0.6 is 0 Å². The molecule has 0 aromatic heterocycles. The van der Waals surface area contributed by atoms with Crippen molar-refractivity contribution in [1.29, 1.82) is 0 Å². The second-order valence-electron chi connectivity index (χ2n) is 6.11. The molecular formula is C18H22NO2+.